The van der Waals surface area contributed by atoms with Crippen LogP contribution in [0.1, 0.15) is 23.9 Å². The minimum absolute atomic E-state index is 0.0203. The summed E-state index contributed by atoms with van der Waals surface area (Å²) in [5.74, 6) is 0.352. The molecule has 2 aromatic rings. The van der Waals surface area contributed by atoms with Crippen molar-refractivity contribution in [3.8, 4) is 0 Å². The highest BCUT2D eigenvalue weighted by atomic mass is 35.5. The van der Waals surface area contributed by atoms with Crippen molar-refractivity contribution in [3.05, 3.63) is 34.6 Å². The van der Waals surface area contributed by atoms with Gasteiger partial charge in [-0.1, -0.05) is 17.7 Å². The van der Waals surface area contributed by atoms with Gasteiger partial charge in [-0.3, -0.25) is 14.9 Å². The number of hydrogen-bond acceptors (Lipinski definition) is 4. The zero-order valence-corrected chi connectivity index (χ0v) is 12.8. The predicted octanol–water partition coefficient (Wildman–Crippen LogP) is 2.07. The number of anilines is 2. The van der Waals surface area contributed by atoms with Crippen molar-refractivity contribution >= 4 is 35.1 Å². The van der Waals surface area contributed by atoms with E-state index >= 15 is 0 Å². The zero-order valence-electron chi connectivity index (χ0n) is 12.1. The molecule has 2 amide bonds. The first-order chi connectivity index (χ1) is 10.4. The van der Waals surface area contributed by atoms with E-state index in [9.17, 15) is 9.59 Å². The monoisotopic (exact) mass is 319 g/mol. The molecule has 0 aliphatic carbocycles. The highest BCUT2D eigenvalue weighted by molar-refractivity contribution is 6.31. The van der Waals surface area contributed by atoms with E-state index < -0.39 is 6.04 Å². The topological polar surface area (TPSA) is 88.9 Å². The Morgan fingerprint density at radius 3 is 3.00 bits per heavy atom. The van der Waals surface area contributed by atoms with E-state index in [-0.39, 0.29) is 18.2 Å². The third-order valence-corrected chi connectivity index (χ3v) is 3.66. The van der Waals surface area contributed by atoms with Gasteiger partial charge in [0.25, 0.3) is 5.91 Å². The maximum Gasteiger partial charge on any atom is 0.252 e. The summed E-state index contributed by atoms with van der Waals surface area (Å²) in [7, 11) is 0. The van der Waals surface area contributed by atoms with Gasteiger partial charge >= 0.3 is 0 Å². The van der Waals surface area contributed by atoms with E-state index in [1.54, 1.807) is 19.1 Å². The summed E-state index contributed by atoms with van der Waals surface area (Å²) in [5.41, 5.74) is 1.52. The van der Waals surface area contributed by atoms with E-state index in [2.05, 4.69) is 20.7 Å². The number of nitrogens with zero attached hydrogens (tertiary/aromatic N) is 3. The number of benzene rings is 1. The summed E-state index contributed by atoms with van der Waals surface area (Å²) in [6.45, 7) is 3.59. The third-order valence-electron chi connectivity index (χ3n) is 3.42. The van der Waals surface area contributed by atoms with Crippen LogP contribution < -0.4 is 10.6 Å². The average molecular weight is 320 g/mol. The molecule has 0 saturated heterocycles. The molecular weight excluding hydrogens is 306 g/mol. The molecule has 1 aromatic heterocycles. The largest absolute Gasteiger partial charge is 0.326 e. The molecule has 0 bridgehead atoms. The van der Waals surface area contributed by atoms with Crippen molar-refractivity contribution < 1.29 is 9.59 Å². The van der Waals surface area contributed by atoms with E-state index in [1.807, 2.05) is 13.0 Å². The predicted molar refractivity (Wildman–Crippen MR) is 81.9 cm³/mol. The molecule has 0 spiro atoms. The van der Waals surface area contributed by atoms with Crippen molar-refractivity contribution in [3.63, 3.8) is 0 Å². The lowest BCUT2D eigenvalue weighted by Crippen LogP contribution is -2.24. The Morgan fingerprint density at radius 2 is 2.23 bits per heavy atom. The molecule has 0 saturated carbocycles. The summed E-state index contributed by atoms with van der Waals surface area (Å²) in [6, 6.07) is 4.56. The standard InChI is InChI=1S/C14H14ClN5O2/c1-7-3-4-9(15)5-10(7)17-12(21)6-11-13(22)18-14-16-8(2)19-20(11)14/h3-5,11H,6H2,1-2H3,(H,17,21)(H,16,18,19,22)/t11-/m0/s1. The van der Waals surface area contributed by atoms with Crippen LogP contribution in [0.5, 0.6) is 0 Å². The average Bonchev–Trinajstić information content (AvgIpc) is 2.92. The molecule has 1 atom stereocenters. The van der Waals surface area contributed by atoms with Gasteiger partial charge in [0.05, 0.1) is 6.42 Å². The Morgan fingerprint density at radius 1 is 1.45 bits per heavy atom. The normalized spacial score (nSPS) is 16.3. The number of nitrogens with one attached hydrogen (secondary N) is 2. The van der Waals surface area contributed by atoms with E-state index in [1.165, 1.54) is 4.68 Å². The molecule has 2 heterocycles. The second-order valence-electron chi connectivity index (χ2n) is 5.14. The molecule has 7 nitrogen and oxygen atoms in total. The maximum absolute atomic E-state index is 12.2. The molecular formula is C14H14ClN5O2. The summed E-state index contributed by atoms with van der Waals surface area (Å²) in [4.78, 5) is 28.2. The molecule has 3 rings (SSSR count). The fourth-order valence-corrected chi connectivity index (χ4v) is 2.49. The Balaban J connectivity index is 1.74. The third kappa shape index (κ3) is 2.67. The number of rotatable bonds is 3. The number of hydrogen-bond donors (Lipinski definition) is 2. The Bertz CT molecular complexity index is 771. The van der Waals surface area contributed by atoms with Gasteiger partial charge in [0.2, 0.25) is 11.9 Å². The van der Waals surface area contributed by atoms with Crippen molar-refractivity contribution in [1.29, 1.82) is 0 Å². The number of amides is 2. The van der Waals surface area contributed by atoms with E-state index in [0.29, 0.717) is 22.5 Å². The van der Waals surface area contributed by atoms with Crippen LogP contribution in [-0.2, 0) is 9.59 Å². The van der Waals surface area contributed by atoms with Gasteiger partial charge in [-0.2, -0.15) is 10.1 Å². The van der Waals surface area contributed by atoms with Crippen LogP contribution in [0.3, 0.4) is 0 Å². The smallest absolute Gasteiger partial charge is 0.252 e. The number of aryl methyl sites for hydroxylation is 2. The fourth-order valence-electron chi connectivity index (χ4n) is 2.32. The first-order valence-corrected chi connectivity index (χ1v) is 7.12. The van der Waals surface area contributed by atoms with Gasteiger partial charge in [-0.25, -0.2) is 4.68 Å². The van der Waals surface area contributed by atoms with Crippen molar-refractivity contribution in [1.82, 2.24) is 14.8 Å². The van der Waals surface area contributed by atoms with Gasteiger partial charge in [0.15, 0.2) is 0 Å². The minimum atomic E-state index is -0.685. The molecule has 0 unspecified atom stereocenters. The van der Waals surface area contributed by atoms with E-state index in [0.717, 1.165) is 5.56 Å². The summed E-state index contributed by atoms with van der Waals surface area (Å²) < 4.78 is 1.45. The lowest BCUT2D eigenvalue weighted by Gasteiger charge is -2.11. The molecule has 114 valence electrons. The Hall–Kier alpha value is -2.41. The quantitative estimate of drug-likeness (QED) is 0.906. The van der Waals surface area contributed by atoms with Crippen LogP contribution in [0.2, 0.25) is 5.02 Å². The molecule has 2 N–H and O–H groups in total. The first-order valence-electron chi connectivity index (χ1n) is 6.74. The van der Waals surface area contributed by atoms with Crippen LogP contribution in [0.15, 0.2) is 18.2 Å². The number of fused-ring (bicyclic) bond motifs is 1. The summed E-state index contributed by atoms with van der Waals surface area (Å²) >= 11 is 5.93. The van der Waals surface area contributed by atoms with Gasteiger partial charge < -0.3 is 5.32 Å². The number of carbonyl (C=O) groups excluding carboxylic acids is 2. The van der Waals surface area contributed by atoms with Gasteiger partial charge in [-0.15, -0.1) is 0 Å². The van der Waals surface area contributed by atoms with Gasteiger partial charge in [-0.05, 0) is 31.5 Å². The number of carbonyl (C=O) groups is 2. The van der Waals surface area contributed by atoms with Crippen LogP contribution >= 0.6 is 11.6 Å². The highest BCUT2D eigenvalue weighted by Gasteiger charge is 2.34. The van der Waals surface area contributed by atoms with E-state index in [4.69, 9.17) is 11.6 Å². The number of aromatic nitrogens is 3. The molecule has 1 aromatic carbocycles. The molecule has 8 heteroatoms. The molecule has 1 aliphatic rings. The highest BCUT2D eigenvalue weighted by Crippen LogP contribution is 2.26. The summed E-state index contributed by atoms with van der Waals surface area (Å²) in [5, 5.41) is 10.1. The zero-order chi connectivity index (χ0) is 15.9. The molecule has 1 aliphatic heterocycles. The Kier molecular flexibility index (Phi) is 3.58. The summed E-state index contributed by atoms with van der Waals surface area (Å²) in [6.07, 6.45) is -0.0203. The fraction of sp³-hybridized carbons (Fsp3) is 0.286. The molecule has 0 radical (unpaired) electrons. The second kappa shape index (κ2) is 5.42. The van der Waals surface area contributed by atoms with Crippen molar-refractivity contribution in [2.24, 2.45) is 0 Å². The molecule has 22 heavy (non-hydrogen) atoms. The van der Waals surface area contributed by atoms with Gasteiger partial charge in [0, 0.05) is 10.7 Å². The lowest BCUT2D eigenvalue weighted by atomic mass is 10.1. The van der Waals surface area contributed by atoms with Crippen LogP contribution in [0.25, 0.3) is 0 Å². The maximum atomic E-state index is 12.2. The van der Waals surface area contributed by atoms with Gasteiger partial charge in [0.1, 0.15) is 11.9 Å². The Labute approximate surface area is 131 Å². The van der Waals surface area contributed by atoms with Crippen molar-refractivity contribution in [2.75, 3.05) is 10.6 Å². The second-order valence-corrected chi connectivity index (χ2v) is 5.58. The SMILES string of the molecule is Cc1nc2n(n1)[C@@H](CC(=O)Nc1cc(Cl)ccc1C)C(=O)N2. The minimum Gasteiger partial charge on any atom is -0.326 e. The van der Waals surface area contributed by atoms with Crippen molar-refractivity contribution in [2.45, 2.75) is 26.3 Å². The van der Waals surface area contributed by atoms with Crippen LogP contribution in [0.4, 0.5) is 11.6 Å². The van der Waals surface area contributed by atoms with Crippen LogP contribution in [-0.4, -0.2) is 26.6 Å². The number of halogens is 1. The first kappa shape index (κ1) is 14.5. The van der Waals surface area contributed by atoms with Crippen LogP contribution in [0, 0.1) is 13.8 Å². The lowest BCUT2D eigenvalue weighted by molar-refractivity contribution is -0.123. The molecule has 0 fully saturated rings.